The number of hydrogen-bond donors (Lipinski definition) is 2. The number of nitrogens with zero attached hydrogens (tertiary/aromatic N) is 3. The maximum Gasteiger partial charge on any atom is 0.326 e. The Hall–Kier alpha value is -3.82. The van der Waals surface area contributed by atoms with Crippen LogP contribution in [0, 0.1) is 0 Å². The van der Waals surface area contributed by atoms with Gasteiger partial charge in [0.2, 0.25) is 0 Å². The van der Waals surface area contributed by atoms with Crippen LogP contribution < -0.4 is 5.32 Å². The summed E-state index contributed by atoms with van der Waals surface area (Å²) in [6, 6.07) is 9.22. The molecule has 1 unspecified atom stereocenters. The summed E-state index contributed by atoms with van der Waals surface area (Å²) in [6.45, 7) is 4.41. The Labute approximate surface area is 234 Å². The zero-order valence-electron chi connectivity index (χ0n) is 21.2. The van der Waals surface area contributed by atoms with Gasteiger partial charge in [0.15, 0.2) is 0 Å². The molecule has 2 amide bonds. The molecule has 202 valence electrons. The van der Waals surface area contributed by atoms with E-state index < -0.39 is 23.3 Å². The van der Waals surface area contributed by atoms with Crippen LogP contribution in [0.4, 0.5) is 0 Å². The molecule has 9 nitrogen and oxygen atoms in total. The lowest BCUT2D eigenvalue weighted by Crippen LogP contribution is -2.42. The number of aliphatic carboxylic acids is 1. The molecule has 0 saturated carbocycles. The third-order valence-corrected chi connectivity index (χ3v) is 7.46. The largest absolute Gasteiger partial charge is 0.480 e. The fourth-order valence-electron chi connectivity index (χ4n) is 4.66. The van der Waals surface area contributed by atoms with Gasteiger partial charge in [0, 0.05) is 42.7 Å². The number of fused-ring (bicyclic) bond motifs is 2. The number of rotatable bonds is 7. The van der Waals surface area contributed by atoms with Gasteiger partial charge in [-0.05, 0) is 60.9 Å². The van der Waals surface area contributed by atoms with E-state index in [4.69, 9.17) is 27.6 Å². The van der Waals surface area contributed by atoms with Crippen LogP contribution in [0.25, 0.3) is 11.0 Å². The Morgan fingerprint density at radius 1 is 1.21 bits per heavy atom. The number of carboxylic acid groups (broad SMARTS) is 1. The van der Waals surface area contributed by atoms with E-state index in [1.54, 1.807) is 52.5 Å². The standard InChI is InChI=1S/C28H26Cl2N4O5/c1-15(2)34-12-16(11-31-34)7-24(28(37)38)32-26(35)21-10-20-19(8-22(21)29)13-33(14-23(20)30)27(36)18-4-3-17-5-6-39-25(17)9-18/h3-6,8-12,15,23-24H,7,13-14H2,1-2H3,(H,32,35)(H,37,38)/t23?,24-/m0/s1. The van der Waals surface area contributed by atoms with Gasteiger partial charge in [-0.1, -0.05) is 17.7 Å². The van der Waals surface area contributed by atoms with E-state index in [0.29, 0.717) is 27.8 Å². The zero-order chi connectivity index (χ0) is 27.8. The highest BCUT2D eigenvalue weighted by molar-refractivity contribution is 6.34. The molecule has 0 spiro atoms. The topological polar surface area (TPSA) is 118 Å². The van der Waals surface area contributed by atoms with E-state index in [-0.39, 0.29) is 42.0 Å². The Morgan fingerprint density at radius 2 is 2.00 bits per heavy atom. The van der Waals surface area contributed by atoms with Crippen molar-refractivity contribution in [2.24, 2.45) is 0 Å². The van der Waals surface area contributed by atoms with Gasteiger partial charge in [-0.15, -0.1) is 11.6 Å². The molecule has 5 rings (SSSR count). The summed E-state index contributed by atoms with van der Waals surface area (Å²) in [7, 11) is 0. The van der Waals surface area contributed by atoms with Gasteiger partial charge in [0.1, 0.15) is 11.6 Å². The summed E-state index contributed by atoms with van der Waals surface area (Å²) in [5.74, 6) is -2.00. The number of nitrogens with one attached hydrogen (secondary N) is 1. The molecule has 0 bridgehead atoms. The van der Waals surface area contributed by atoms with Gasteiger partial charge in [-0.2, -0.15) is 5.10 Å². The average Bonchev–Trinajstić information content (AvgIpc) is 3.56. The molecule has 1 aliphatic rings. The van der Waals surface area contributed by atoms with Crippen molar-refractivity contribution in [3.63, 3.8) is 0 Å². The summed E-state index contributed by atoms with van der Waals surface area (Å²) >= 11 is 13.2. The summed E-state index contributed by atoms with van der Waals surface area (Å²) in [5, 5.41) is 17.0. The monoisotopic (exact) mass is 568 g/mol. The number of carbonyl (C=O) groups is 3. The molecule has 2 N–H and O–H groups in total. The number of halogens is 2. The van der Waals surface area contributed by atoms with Crippen molar-refractivity contribution in [2.75, 3.05) is 6.54 Å². The molecule has 0 fully saturated rings. The lowest BCUT2D eigenvalue weighted by molar-refractivity contribution is -0.139. The molecule has 1 aliphatic heterocycles. The maximum atomic E-state index is 13.2. The number of benzene rings is 2. The summed E-state index contributed by atoms with van der Waals surface area (Å²) in [4.78, 5) is 39.9. The first kappa shape index (κ1) is 26.8. The van der Waals surface area contributed by atoms with Crippen molar-refractivity contribution in [3.05, 3.63) is 87.9 Å². The molecule has 0 aliphatic carbocycles. The van der Waals surface area contributed by atoms with E-state index in [1.165, 1.54) is 0 Å². The van der Waals surface area contributed by atoms with E-state index in [2.05, 4.69) is 10.4 Å². The number of aromatic nitrogens is 2. The third kappa shape index (κ3) is 5.51. The van der Waals surface area contributed by atoms with Crippen molar-refractivity contribution in [1.29, 1.82) is 0 Å². The Balaban J connectivity index is 1.33. The minimum absolute atomic E-state index is 0.0648. The number of carbonyl (C=O) groups excluding carboxylic acids is 2. The second kappa shape index (κ2) is 10.7. The summed E-state index contributed by atoms with van der Waals surface area (Å²) in [6.07, 6.45) is 4.98. The first-order chi connectivity index (χ1) is 18.6. The van der Waals surface area contributed by atoms with E-state index in [1.807, 2.05) is 26.0 Å². The van der Waals surface area contributed by atoms with E-state index >= 15 is 0 Å². The first-order valence-corrected chi connectivity index (χ1v) is 13.2. The van der Waals surface area contributed by atoms with Crippen molar-refractivity contribution < 1.29 is 23.9 Å². The highest BCUT2D eigenvalue weighted by atomic mass is 35.5. The van der Waals surface area contributed by atoms with Crippen molar-refractivity contribution in [1.82, 2.24) is 20.0 Å². The van der Waals surface area contributed by atoms with Gasteiger partial charge in [-0.25, -0.2) is 4.79 Å². The highest BCUT2D eigenvalue weighted by Gasteiger charge is 2.31. The number of amides is 2. The van der Waals surface area contributed by atoms with Crippen LogP contribution in [0.1, 0.15) is 62.7 Å². The molecule has 39 heavy (non-hydrogen) atoms. The Bertz CT molecular complexity index is 1580. The normalized spacial score (nSPS) is 15.8. The quantitative estimate of drug-likeness (QED) is 0.295. The molecule has 4 aromatic rings. The third-order valence-electron chi connectivity index (χ3n) is 6.77. The highest BCUT2D eigenvalue weighted by Crippen LogP contribution is 2.35. The number of carboxylic acids is 1. The van der Waals surface area contributed by atoms with Gasteiger partial charge in [0.05, 0.1) is 28.4 Å². The SMILES string of the molecule is CC(C)n1cc(C[C@H](NC(=O)c2cc3c(cc2Cl)CN(C(=O)c2ccc4ccoc4c2)CC3Cl)C(=O)O)cn1. The zero-order valence-corrected chi connectivity index (χ0v) is 22.7. The van der Waals surface area contributed by atoms with Gasteiger partial charge < -0.3 is 19.7 Å². The average molecular weight is 569 g/mol. The lowest BCUT2D eigenvalue weighted by atomic mass is 9.95. The van der Waals surface area contributed by atoms with Crippen LogP contribution in [-0.2, 0) is 17.8 Å². The van der Waals surface area contributed by atoms with Crippen LogP contribution >= 0.6 is 23.2 Å². The fraction of sp³-hybridized carbons (Fsp3) is 0.286. The van der Waals surface area contributed by atoms with E-state index in [0.717, 1.165) is 5.39 Å². The van der Waals surface area contributed by atoms with Crippen LogP contribution in [0.15, 0.2) is 59.5 Å². The minimum atomic E-state index is -1.18. The van der Waals surface area contributed by atoms with Gasteiger partial charge in [-0.3, -0.25) is 14.3 Å². The summed E-state index contributed by atoms with van der Waals surface area (Å²) < 4.78 is 7.14. The molecule has 3 heterocycles. The second-order valence-electron chi connectivity index (χ2n) is 9.85. The fourth-order valence-corrected chi connectivity index (χ4v) is 5.30. The molecular weight excluding hydrogens is 543 g/mol. The number of alkyl halides is 1. The predicted molar refractivity (Wildman–Crippen MR) is 146 cm³/mol. The number of furan rings is 1. The Morgan fingerprint density at radius 3 is 2.72 bits per heavy atom. The number of hydrogen-bond acceptors (Lipinski definition) is 5. The maximum absolute atomic E-state index is 13.2. The van der Waals surface area contributed by atoms with Crippen molar-refractivity contribution >= 4 is 52.0 Å². The molecule has 2 aromatic heterocycles. The molecule has 2 aromatic carbocycles. The molecular formula is C28H26Cl2N4O5. The van der Waals surface area contributed by atoms with Crippen molar-refractivity contribution in [2.45, 2.75) is 44.3 Å². The molecule has 0 radical (unpaired) electrons. The molecule has 11 heteroatoms. The van der Waals surface area contributed by atoms with E-state index in [9.17, 15) is 19.5 Å². The smallest absolute Gasteiger partial charge is 0.326 e. The van der Waals surface area contributed by atoms with Crippen LogP contribution in [0.5, 0.6) is 0 Å². The predicted octanol–water partition coefficient (Wildman–Crippen LogP) is 5.23. The van der Waals surface area contributed by atoms with Crippen LogP contribution in [0.3, 0.4) is 0 Å². The van der Waals surface area contributed by atoms with Crippen molar-refractivity contribution in [3.8, 4) is 0 Å². The van der Waals surface area contributed by atoms with Gasteiger partial charge >= 0.3 is 5.97 Å². The second-order valence-corrected chi connectivity index (χ2v) is 10.8. The Kier molecular flexibility index (Phi) is 7.38. The first-order valence-electron chi connectivity index (χ1n) is 12.4. The molecule has 2 atom stereocenters. The van der Waals surface area contributed by atoms with Gasteiger partial charge in [0.25, 0.3) is 11.8 Å². The van der Waals surface area contributed by atoms with Crippen LogP contribution in [0.2, 0.25) is 5.02 Å². The summed E-state index contributed by atoms with van der Waals surface area (Å²) in [5.41, 5.74) is 3.28. The minimum Gasteiger partial charge on any atom is -0.480 e. The van der Waals surface area contributed by atoms with Crippen LogP contribution in [-0.4, -0.2) is 50.2 Å². The lowest BCUT2D eigenvalue weighted by Gasteiger charge is -2.32. The molecule has 0 saturated heterocycles.